The molecule has 3 saturated heterocycles. The smallest absolute Gasteiger partial charge is 0.410 e. The van der Waals surface area contributed by atoms with E-state index >= 15 is 0 Å². The van der Waals surface area contributed by atoms with E-state index < -0.39 is 77.3 Å². The Morgan fingerprint density at radius 2 is 1.68 bits per heavy atom. The number of azide groups is 1. The summed E-state index contributed by atoms with van der Waals surface area (Å²) in [6, 6.07) is -0.618. The van der Waals surface area contributed by atoms with Crippen LogP contribution in [-0.4, -0.2) is 116 Å². The summed E-state index contributed by atoms with van der Waals surface area (Å²) in [5, 5.41) is 3.58. The summed E-state index contributed by atoms with van der Waals surface area (Å²) in [5.74, 6) is -4.65. The first-order chi connectivity index (χ1) is 23.4. The number of fused-ring (bicyclic) bond motifs is 1. The molecule has 0 spiro atoms. The monoisotopic (exact) mass is 707 g/mol. The molecule has 3 aliphatic heterocycles. The number of nitrogens with zero attached hydrogens (tertiary/aromatic N) is 5. The molecule has 3 aliphatic rings. The van der Waals surface area contributed by atoms with Crippen LogP contribution in [0.1, 0.15) is 94.4 Å². The van der Waals surface area contributed by atoms with E-state index in [4.69, 9.17) is 29.2 Å². The molecule has 14 nitrogen and oxygen atoms in total. The van der Waals surface area contributed by atoms with Crippen LogP contribution < -0.4 is 0 Å². The average Bonchev–Trinajstić information content (AvgIpc) is 3.33. The second kappa shape index (κ2) is 17.2. The number of methoxy groups -OCH3 is 1. The summed E-state index contributed by atoms with van der Waals surface area (Å²) in [5.41, 5.74) is 6.12. The molecule has 4 unspecified atom stereocenters. The van der Waals surface area contributed by atoms with Crippen LogP contribution in [0.4, 0.5) is 4.79 Å². The van der Waals surface area contributed by atoms with Crippen molar-refractivity contribution >= 4 is 23.6 Å². The third-order valence-corrected chi connectivity index (χ3v) is 11.5. The van der Waals surface area contributed by atoms with E-state index in [9.17, 15) is 19.2 Å². The van der Waals surface area contributed by atoms with Crippen molar-refractivity contribution in [2.75, 3.05) is 34.3 Å². The van der Waals surface area contributed by atoms with Gasteiger partial charge in [-0.2, -0.15) is 0 Å². The van der Waals surface area contributed by atoms with Gasteiger partial charge < -0.3 is 33.5 Å². The lowest BCUT2D eigenvalue weighted by atomic mass is 9.73. The number of hydrogen-bond acceptors (Lipinski definition) is 11. The van der Waals surface area contributed by atoms with Crippen LogP contribution in [0.15, 0.2) is 5.11 Å². The van der Waals surface area contributed by atoms with Gasteiger partial charge in [-0.1, -0.05) is 39.7 Å². The van der Waals surface area contributed by atoms with Crippen LogP contribution in [0.25, 0.3) is 10.4 Å². The molecule has 3 rings (SSSR count). The molecule has 0 aliphatic carbocycles. The van der Waals surface area contributed by atoms with Crippen molar-refractivity contribution in [3.8, 4) is 0 Å². The van der Waals surface area contributed by atoms with E-state index in [0.29, 0.717) is 12.8 Å². The van der Waals surface area contributed by atoms with Gasteiger partial charge in [0, 0.05) is 54.8 Å². The fourth-order valence-corrected chi connectivity index (χ4v) is 8.55. The zero-order valence-corrected chi connectivity index (χ0v) is 32.2. The van der Waals surface area contributed by atoms with Crippen LogP contribution >= 0.6 is 0 Å². The number of ether oxygens (including phenoxy) is 5. The van der Waals surface area contributed by atoms with Crippen molar-refractivity contribution in [2.24, 2.45) is 34.7 Å². The largest absolute Gasteiger partial charge is 0.458 e. The topological polar surface area (TPSA) is 170 Å². The number of ketones is 2. The molecule has 14 heteroatoms. The second-order valence-corrected chi connectivity index (χ2v) is 15.4. The number of amides is 1. The zero-order chi connectivity index (χ0) is 37.7. The summed E-state index contributed by atoms with van der Waals surface area (Å²) in [4.78, 5) is 62.5. The Morgan fingerprint density at radius 1 is 1.02 bits per heavy atom. The van der Waals surface area contributed by atoms with Crippen LogP contribution in [0.2, 0.25) is 0 Å². The third-order valence-electron chi connectivity index (χ3n) is 11.5. The number of carbonyl (C=O) groups excluding carboxylic acids is 4. The number of rotatable bonds is 10. The molecule has 0 aromatic heterocycles. The molecule has 13 atom stereocenters. The maximum absolute atomic E-state index is 14.5. The van der Waals surface area contributed by atoms with Crippen LogP contribution in [-0.2, 0) is 38.1 Å². The van der Waals surface area contributed by atoms with Gasteiger partial charge in [0.25, 0.3) is 0 Å². The lowest BCUT2D eigenvalue weighted by Crippen LogP contribution is -2.59. The van der Waals surface area contributed by atoms with Crippen molar-refractivity contribution in [2.45, 2.75) is 142 Å². The van der Waals surface area contributed by atoms with Gasteiger partial charge >= 0.3 is 12.1 Å². The van der Waals surface area contributed by atoms with E-state index in [0.717, 1.165) is 6.42 Å². The van der Waals surface area contributed by atoms with Gasteiger partial charge in [-0.15, -0.1) is 0 Å². The van der Waals surface area contributed by atoms with Crippen molar-refractivity contribution < 1.29 is 42.9 Å². The highest BCUT2D eigenvalue weighted by Crippen LogP contribution is 2.43. The summed E-state index contributed by atoms with van der Waals surface area (Å²) < 4.78 is 31.4. The van der Waals surface area contributed by atoms with Gasteiger partial charge in [0.05, 0.1) is 23.9 Å². The van der Waals surface area contributed by atoms with E-state index in [-0.39, 0.29) is 49.8 Å². The summed E-state index contributed by atoms with van der Waals surface area (Å²) in [6.45, 7) is 16.8. The third kappa shape index (κ3) is 8.63. The predicted octanol–water partition coefficient (Wildman–Crippen LogP) is 5.56. The number of cyclic esters (lactones) is 1. The molecule has 50 heavy (non-hydrogen) atoms. The van der Waals surface area contributed by atoms with E-state index in [1.54, 1.807) is 20.8 Å². The molecule has 3 fully saturated rings. The minimum Gasteiger partial charge on any atom is -0.458 e. The number of carbonyl (C=O) groups is 4. The fraction of sp³-hybridized carbons (Fsp3) is 0.889. The number of Topliss-reactive ketones (excluding diaryl/α,β-unsaturated/α-hetero) is 2. The van der Waals surface area contributed by atoms with Gasteiger partial charge in [0.15, 0.2) is 17.7 Å². The Morgan fingerprint density at radius 3 is 2.26 bits per heavy atom. The Labute approximate surface area is 297 Å². The molecule has 1 amide bonds. The highest BCUT2D eigenvalue weighted by Gasteiger charge is 2.60. The number of unbranched alkanes of at least 4 members (excludes halogenated alkanes) is 1. The molecule has 0 aromatic rings. The molecule has 0 N–H and O–H groups in total. The molecule has 0 aromatic carbocycles. The minimum absolute atomic E-state index is 0.0558. The van der Waals surface area contributed by atoms with Crippen molar-refractivity contribution in [3.63, 3.8) is 0 Å². The number of esters is 1. The molecule has 0 saturated carbocycles. The Balaban J connectivity index is 2.10. The van der Waals surface area contributed by atoms with Gasteiger partial charge in [0.1, 0.15) is 17.8 Å². The van der Waals surface area contributed by atoms with Gasteiger partial charge in [-0.3, -0.25) is 14.4 Å². The first kappa shape index (κ1) is 41.6. The zero-order valence-electron chi connectivity index (χ0n) is 32.2. The van der Waals surface area contributed by atoms with Crippen LogP contribution in [0.5, 0.6) is 0 Å². The summed E-state index contributed by atoms with van der Waals surface area (Å²) >= 11 is 0. The van der Waals surface area contributed by atoms with Gasteiger partial charge in [-0.25, -0.2) is 4.79 Å². The Bertz CT molecular complexity index is 1280. The minimum atomic E-state index is -1.38. The normalized spacial score (nSPS) is 40.5. The quantitative estimate of drug-likeness (QED) is 0.0700. The standard InChI is InChI=1S/C36H61N5O9/c1-13-27-36(9)30(41(34(45)50-36)17-15-14-16-38-39-37)23(5)28(42)20(2)19-35(8,46-12)31(24(6)29(43)25(7)32(44)48-27)49-33-22(4)26(40(10)11)18-21(3)47-33/h20-27,30-31,33H,13-19H2,1-12H3/t20-,21?,22?,23?,24+,25-,26?,27-,30-,31-,33+,35-,36-/m1/s1. The van der Waals surface area contributed by atoms with Crippen LogP contribution in [0, 0.1) is 29.6 Å². The number of hydrogen-bond donors (Lipinski definition) is 0. The highest BCUT2D eigenvalue weighted by molar-refractivity contribution is 6.00. The lowest BCUT2D eigenvalue weighted by molar-refractivity contribution is -0.280. The average molecular weight is 708 g/mol. The molecule has 0 radical (unpaired) electrons. The Hall–Kier alpha value is -2.77. The van der Waals surface area contributed by atoms with E-state index in [1.165, 1.54) is 18.9 Å². The van der Waals surface area contributed by atoms with Crippen LogP contribution in [0.3, 0.4) is 0 Å². The van der Waals surface area contributed by atoms with Crippen molar-refractivity contribution in [1.82, 2.24) is 9.80 Å². The summed E-state index contributed by atoms with van der Waals surface area (Å²) in [7, 11) is 5.58. The van der Waals surface area contributed by atoms with E-state index in [1.807, 2.05) is 41.8 Å². The molecule has 0 bridgehead atoms. The van der Waals surface area contributed by atoms with Crippen molar-refractivity contribution in [3.05, 3.63) is 10.4 Å². The fourth-order valence-electron chi connectivity index (χ4n) is 8.55. The molecule has 3 heterocycles. The SMILES string of the molecule is CC[C@H]1OC(=O)[C@H](C)C(=O)[C@H](C)[C@@H](O[C@@H]2OC(C)CC(N(C)C)C2C)[C@](C)(OC)C[C@@H](C)C(=O)C(C)[C@H]2N(CCCCN=[N+]=[N-])C(=O)O[C@]12C. The molecular weight excluding hydrogens is 646 g/mol. The predicted molar refractivity (Wildman–Crippen MR) is 186 cm³/mol. The first-order valence-corrected chi connectivity index (χ1v) is 18.2. The van der Waals surface area contributed by atoms with E-state index in [2.05, 4.69) is 21.8 Å². The maximum atomic E-state index is 14.5. The Kier molecular flexibility index (Phi) is 14.3. The second-order valence-electron chi connectivity index (χ2n) is 15.4. The lowest BCUT2D eigenvalue weighted by Gasteiger charge is -2.47. The van der Waals surface area contributed by atoms with Crippen molar-refractivity contribution in [1.29, 1.82) is 0 Å². The first-order valence-electron chi connectivity index (χ1n) is 18.2. The molecular formula is C36H61N5O9. The van der Waals surface area contributed by atoms with Gasteiger partial charge in [0.2, 0.25) is 0 Å². The molecule has 284 valence electrons. The highest BCUT2D eigenvalue weighted by atomic mass is 16.7. The van der Waals surface area contributed by atoms with Gasteiger partial charge in [-0.05, 0) is 79.4 Å². The summed E-state index contributed by atoms with van der Waals surface area (Å²) in [6.07, 6.45) is -0.889. The maximum Gasteiger partial charge on any atom is 0.410 e.